The van der Waals surface area contributed by atoms with Gasteiger partial charge in [-0.2, -0.15) is 0 Å². The third-order valence-corrected chi connectivity index (χ3v) is 3.33. The van der Waals surface area contributed by atoms with Gasteiger partial charge in [-0.05, 0) is 50.8 Å². The molecule has 1 fully saturated rings. The molecule has 0 heterocycles. The van der Waals surface area contributed by atoms with E-state index in [4.69, 9.17) is 4.74 Å². The normalized spacial score (nSPS) is 23.3. The Morgan fingerprint density at radius 3 is 2.41 bits per heavy atom. The first kappa shape index (κ1) is 12.6. The molecule has 0 bridgehead atoms. The summed E-state index contributed by atoms with van der Waals surface area (Å²) in [5.74, 6) is 0.332. The molecular formula is C14H17BrO2. The molecule has 17 heavy (non-hydrogen) atoms. The lowest BCUT2D eigenvalue weighted by Crippen LogP contribution is -2.25. The summed E-state index contributed by atoms with van der Waals surface area (Å²) in [6.45, 7) is 5.71. The Balaban J connectivity index is 1.96. The number of halogens is 1. The number of carbonyl (C=O) groups is 1. The van der Waals surface area contributed by atoms with Crippen LogP contribution < -0.4 is 0 Å². The van der Waals surface area contributed by atoms with E-state index in [2.05, 4.69) is 28.1 Å². The molecule has 1 aromatic carbocycles. The SMILES string of the molecule is CC(C)(C)OC(=O)[C@H]1CC1c1ccc(Br)cc1. The summed E-state index contributed by atoms with van der Waals surface area (Å²) in [5.41, 5.74) is 0.841. The molecule has 2 atom stereocenters. The Morgan fingerprint density at radius 1 is 1.29 bits per heavy atom. The van der Waals surface area contributed by atoms with Crippen molar-refractivity contribution in [3.63, 3.8) is 0 Å². The summed E-state index contributed by atoms with van der Waals surface area (Å²) in [4.78, 5) is 11.8. The number of rotatable bonds is 2. The highest BCUT2D eigenvalue weighted by Gasteiger charge is 2.46. The van der Waals surface area contributed by atoms with Gasteiger partial charge in [0.15, 0.2) is 0 Å². The van der Waals surface area contributed by atoms with Gasteiger partial charge >= 0.3 is 5.97 Å². The second-order valence-corrected chi connectivity index (χ2v) is 6.45. The van der Waals surface area contributed by atoms with Gasteiger partial charge in [-0.15, -0.1) is 0 Å². The molecule has 0 radical (unpaired) electrons. The van der Waals surface area contributed by atoms with Gasteiger partial charge in [-0.3, -0.25) is 4.79 Å². The number of carbonyl (C=O) groups excluding carboxylic acids is 1. The minimum Gasteiger partial charge on any atom is -0.460 e. The van der Waals surface area contributed by atoms with Gasteiger partial charge in [0, 0.05) is 4.47 Å². The van der Waals surface area contributed by atoms with Gasteiger partial charge in [0.05, 0.1) is 5.92 Å². The Morgan fingerprint density at radius 2 is 1.88 bits per heavy atom. The smallest absolute Gasteiger partial charge is 0.310 e. The molecule has 0 saturated heterocycles. The number of hydrogen-bond acceptors (Lipinski definition) is 2. The molecule has 1 aromatic rings. The van der Waals surface area contributed by atoms with Crippen LogP contribution in [0.2, 0.25) is 0 Å². The van der Waals surface area contributed by atoms with Gasteiger partial charge < -0.3 is 4.74 Å². The highest BCUT2D eigenvalue weighted by molar-refractivity contribution is 9.10. The number of ether oxygens (including phenoxy) is 1. The van der Waals surface area contributed by atoms with Crippen LogP contribution in [0.15, 0.2) is 28.7 Å². The fourth-order valence-electron chi connectivity index (χ4n) is 1.91. The lowest BCUT2D eigenvalue weighted by atomic mass is 10.1. The van der Waals surface area contributed by atoms with E-state index in [9.17, 15) is 4.79 Å². The first-order valence-electron chi connectivity index (χ1n) is 5.85. The summed E-state index contributed by atoms with van der Waals surface area (Å²) < 4.78 is 6.45. The summed E-state index contributed by atoms with van der Waals surface area (Å²) >= 11 is 3.41. The van der Waals surface area contributed by atoms with Crippen LogP contribution in [-0.2, 0) is 9.53 Å². The van der Waals surface area contributed by atoms with E-state index < -0.39 is 0 Å². The van der Waals surface area contributed by atoms with Crippen LogP contribution in [0.1, 0.15) is 38.7 Å². The van der Waals surface area contributed by atoms with E-state index in [1.54, 1.807) is 0 Å². The van der Waals surface area contributed by atoms with Crippen LogP contribution in [0, 0.1) is 5.92 Å². The largest absolute Gasteiger partial charge is 0.460 e. The van der Waals surface area contributed by atoms with Crippen LogP contribution >= 0.6 is 15.9 Å². The molecule has 2 nitrogen and oxygen atoms in total. The van der Waals surface area contributed by atoms with Crippen molar-refractivity contribution in [1.82, 2.24) is 0 Å². The van der Waals surface area contributed by atoms with E-state index in [0.717, 1.165) is 10.9 Å². The summed E-state index contributed by atoms with van der Waals surface area (Å²) in [6.07, 6.45) is 0.913. The maximum absolute atomic E-state index is 11.8. The number of benzene rings is 1. The van der Waals surface area contributed by atoms with Gasteiger partial charge in [0.1, 0.15) is 5.60 Å². The van der Waals surface area contributed by atoms with Crippen molar-refractivity contribution in [2.45, 2.75) is 38.7 Å². The van der Waals surface area contributed by atoms with Gasteiger partial charge in [0.25, 0.3) is 0 Å². The van der Waals surface area contributed by atoms with E-state index in [0.29, 0.717) is 5.92 Å². The Bertz CT molecular complexity index is 417. The maximum atomic E-state index is 11.8. The molecule has 92 valence electrons. The molecule has 0 N–H and O–H groups in total. The van der Waals surface area contributed by atoms with Gasteiger partial charge in [-0.25, -0.2) is 0 Å². The highest BCUT2D eigenvalue weighted by Crippen LogP contribution is 2.48. The summed E-state index contributed by atoms with van der Waals surface area (Å²) in [5, 5.41) is 0. The van der Waals surface area contributed by atoms with Crippen LogP contribution in [0.25, 0.3) is 0 Å². The maximum Gasteiger partial charge on any atom is 0.310 e. The third kappa shape index (κ3) is 3.32. The fourth-order valence-corrected chi connectivity index (χ4v) is 2.18. The Kier molecular flexibility index (Phi) is 3.30. The number of hydrogen-bond donors (Lipinski definition) is 0. The zero-order valence-corrected chi connectivity index (χ0v) is 12.0. The predicted molar refractivity (Wildman–Crippen MR) is 70.8 cm³/mol. The summed E-state index contributed by atoms with van der Waals surface area (Å²) in [7, 11) is 0. The lowest BCUT2D eigenvalue weighted by molar-refractivity contribution is -0.156. The zero-order valence-electron chi connectivity index (χ0n) is 10.4. The van der Waals surface area contributed by atoms with E-state index in [-0.39, 0.29) is 17.5 Å². The standard InChI is InChI=1S/C14H17BrO2/c1-14(2,3)17-13(16)12-8-11(12)9-4-6-10(15)7-5-9/h4-7,11-12H,8H2,1-3H3/t11?,12-/m0/s1. The molecule has 1 unspecified atom stereocenters. The molecule has 2 rings (SSSR count). The minimum absolute atomic E-state index is 0.0513. The van der Waals surface area contributed by atoms with Crippen molar-refractivity contribution in [2.75, 3.05) is 0 Å². The van der Waals surface area contributed by atoms with Gasteiger partial charge in [0.2, 0.25) is 0 Å². The van der Waals surface area contributed by atoms with Crippen molar-refractivity contribution in [3.05, 3.63) is 34.3 Å². The van der Waals surface area contributed by atoms with Crippen LogP contribution in [0.4, 0.5) is 0 Å². The molecule has 0 spiro atoms. The van der Waals surface area contributed by atoms with Crippen molar-refractivity contribution in [2.24, 2.45) is 5.92 Å². The predicted octanol–water partition coefficient (Wildman–Crippen LogP) is 3.89. The van der Waals surface area contributed by atoms with E-state index >= 15 is 0 Å². The lowest BCUT2D eigenvalue weighted by Gasteiger charge is -2.19. The fraction of sp³-hybridized carbons (Fsp3) is 0.500. The van der Waals surface area contributed by atoms with Crippen LogP contribution in [0.3, 0.4) is 0 Å². The first-order chi connectivity index (χ1) is 7.87. The monoisotopic (exact) mass is 296 g/mol. The molecule has 0 aliphatic heterocycles. The molecule has 1 aliphatic rings. The van der Waals surface area contributed by atoms with E-state index in [1.807, 2.05) is 32.9 Å². The van der Waals surface area contributed by atoms with Crippen LogP contribution in [-0.4, -0.2) is 11.6 Å². The topological polar surface area (TPSA) is 26.3 Å². The molecular weight excluding hydrogens is 280 g/mol. The molecule has 1 saturated carbocycles. The average molecular weight is 297 g/mol. The van der Waals surface area contributed by atoms with Crippen molar-refractivity contribution >= 4 is 21.9 Å². The van der Waals surface area contributed by atoms with Crippen molar-refractivity contribution in [3.8, 4) is 0 Å². The van der Waals surface area contributed by atoms with Crippen molar-refractivity contribution < 1.29 is 9.53 Å². The quantitative estimate of drug-likeness (QED) is 0.774. The van der Waals surface area contributed by atoms with Crippen molar-refractivity contribution in [1.29, 1.82) is 0 Å². The zero-order chi connectivity index (χ0) is 12.6. The minimum atomic E-state index is -0.385. The number of esters is 1. The first-order valence-corrected chi connectivity index (χ1v) is 6.64. The second-order valence-electron chi connectivity index (χ2n) is 5.53. The van der Waals surface area contributed by atoms with Gasteiger partial charge in [-0.1, -0.05) is 28.1 Å². The molecule has 3 heteroatoms. The summed E-state index contributed by atoms with van der Waals surface area (Å²) in [6, 6.07) is 8.16. The third-order valence-electron chi connectivity index (χ3n) is 2.80. The molecule has 1 aliphatic carbocycles. The second kappa shape index (κ2) is 4.45. The molecule has 0 aromatic heterocycles. The van der Waals surface area contributed by atoms with E-state index in [1.165, 1.54) is 5.56 Å². The Hall–Kier alpha value is -0.830. The average Bonchev–Trinajstić information content (AvgIpc) is 2.96. The molecule has 0 amide bonds. The van der Waals surface area contributed by atoms with Crippen LogP contribution in [0.5, 0.6) is 0 Å². The highest BCUT2D eigenvalue weighted by atomic mass is 79.9. The Labute approximate surface area is 110 Å².